The second-order valence-electron chi connectivity index (χ2n) is 2.97. The molecule has 0 spiro atoms. The van der Waals surface area contributed by atoms with Gasteiger partial charge in [0.1, 0.15) is 10.1 Å². The molecule has 4 heteroatoms. The van der Waals surface area contributed by atoms with Gasteiger partial charge in [-0.25, -0.2) is 0 Å². The molecule has 1 atom stereocenters. The molecule has 0 saturated carbocycles. The zero-order chi connectivity index (χ0) is 10.1. The average Bonchev–Trinajstić information content (AvgIpc) is 2.01. The molecule has 0 aromatic rings. The van der Waals surface area contributed by atoms with Crippen molar-refractivity contribution >= 4 is 40.6 Å². The Kier molecular flexibility index (Phi) is 3.44. The smallest absolute Gasteiger partial charge is 0.150 e. The van der Waals surface area contributed by atoms with Crippen LogP contribution in [0.1, 0.15) is 6.92 Å². The first-order valence-electron chi connectivity index (χ1n) is 3.81. The summed E-state index contributed by atoms with van der Waals surface area (Å²) in [6.07, 6.45) is 5.09. The largest absolute Gasteiger partial charge is 0.299 e. The minimum absolute atomic E-state index is 0.0499. The Labute approximate surface area is 92.3 Å². The van der Waals surface area contributed by atoms with E-state index in [1.54, 1.807) is 18.2 Å². The second-order valence-corrected chi connectivity index (χ2v) is 4.69. The third-order valence-electron chi connectivity index (χ3n) is 1.89. The Morgan fingerprint density at radius 2 is 2.23 bits per heavy atom. The molecule has 1 rings (SSSR count). The molecule has 1 aliphatic carbocycles. The maximum Gasteiger partial charge on any atom is 0.150 e. The molecule has 0 N–H and O–H groups in total. The van der Waals surface area contributed by atoms with Crippen LogP contribution in [0.3, 0.4) is 0 Å². The first-order valence-corrected chi connectivity index (χ1v) is 5.10. The van der Waals surface area contributed by atoms with Gasteiger partial charge in [-0.2, -0.15) is 0 Å². The number of allylic oxidation sites excluding steroid dienone is 4. The van der Waals surface area contributed by atoms with Gasteiger partial charge in [0.15, 0.2) is 0 Å². The number of rotatable bonds is 2. The lowest BCUT2D eigenvalue weighted by Gasteiger charge is -2.26. The third kappa shape index (κ3) is 2.49. The standard InChI is InChI=1S/C9H9Cl3O/c1-6(13)8-3-2-7(5-10)4-9(8,11)12/h2-4,8H,5H2,1H3. The van der Waals surface area contributed by atoms with Crippen molar-refractivity contribution in [2.75, 3.05) is 5.88 Å². The Morgan fingerprint density at radius 1 is 1.62 bits per heavy atom. The van der Waals surface area contributed by atoms with Gasteiger partial charge in [-0.1, -0.05) is 35.4 Å². The number of hydrogen-bond acceptors (Lipinski definition) is 1. The van der Waals surface area contributed by atoms with Crippen molar-refractivity contribution in [2.45, 2.75) is 11.3 Å². The van der Waals surface area contributed by atoms with E-state index in [2.05, 4.69) is 0 Å². The van der Waals surface area contributed by atoms with Crippen molar-refractivity contribution in [3.63, 3.8) is 0 Å². The average molecular weight is 240 g/mol. The SMILES string of the molecule is CC(=O)C1C=CC(CCl)=CC1(Cl)Cl. The summed E-state index contributed by atoms with van der Waals surface area (Å²) in [5, 5.41) is 0. The Balaban J connectivity index is 2.94. The fraction of sp³-hybridized carbons (Fsp3) is 0.444. The topological polar surface area (TPSA) is 17.1 Å². The van der Waals surface area contributed by atoms with Crippen LogP contribution in [-0.2, 0) is 4.79 Å². The lowest BCUT2D eigenvalue weighted by Crippen LogP contribution is -2.30. The van der Waals surface area contributed by atoms with E-state index in [0.717, 1.165) is 5.57 Å². The maximum absolute atomic E-state index is 11.1. The lowest BCUT2D eigenvalue weighted by molar-refractivity contribution is -0.119. The first-order chi connectivity index (χ1) is 5.97. The van der Waals surface area contributed by atoms with Crippen LogP contribution < -0.4 is 0 Å². The molecular formula is C9H9Cl3O. The van der Waals surface area contributed by atoms with Gasteiger partial charge in [0.05, 0.1) is 5.92 Å². The van der Waals surface area contributed by atoms with Gasteiger partial charge in [-0.15, -0.1) is 11.6 Å². The summed E-state index contributed by atoms with van der Waals surface area (Å²) in [7, 11) is 0. The molecule has 1 unspecified atom stereocenters. The van der Waals surface area contributed by atoms with E-state index in [-0.39, 0.29) is 5.78 Å². The van der Waals surface area contributed by atoms with E-state index in [0.29, 0.717) is 5.88 Å². The van der Waals surface area contributed by atoms with Crippen molar-refractivity contribution in [1.82, 2.24) is 0 Å². The number of carbonyl (C=O) groups excluding carboxylic acids is 1. The molecule has 0 amide bonds. The van der Waals surface area contributed by atoms with Crippen molar-refractivity contribution in [3.05, 3.63) is 23.8 Å². The second kappa shape index (κ2) is 4.04. The molecule has 13 heavy (non-hydrogen) atoms. The summed E-state index contributed by atoms with van der Waals surface area (Å²) in [5.74, 6) is -0.170. The molecule has 0 aromatic heterocycles. The molecule has 0 fully saturated rings. The Morgan fingerprint density at radius 3 is 2.62 bits per heavy atom. The highest BCUT2D eigenvalue weighted by molar-refractivity contribution is 6.51. The van der Waals surface area contributed by atoms with Crippen molar-refractivity contribution < 1.29 is 4.79 Å². The van der Waals surface area contributed by atoms with Gasteiger partial charge >= 0.3 is 0 Å². The van der Waals surface area contributed by atoms with Crippen LogP contribution >= 0.6 is 34.8 Å². The highest BCUT2D eigenvalue weighted by Crippen LogP contribution is 2.38. The highest BCUT2D eigenvalue weighted by atomic mass is 35.5. The number of Topliss-reactive ketones (excluding diaryl/α,β-unsaturated/α-hetero) is 1. The van der Waals surface area contributed by atoms with Gasteiger partial charge in [-0.3, -0.25) is 4.79 Å². The van der Waals surface area contributed by atoms with Gasteiger partial charge in [0, 0.05) is 5.88 Å². The van der Waals surface area contributed by atoms with Crippen LogP contribution in [0.25, 0.3) is 0 Å². The summed E-state index contributed by atoms with van der Waals surface area (Å²) >= 11 is 17.5. The number of halogens is 3. The maximum atomic E-state index is 11.1. The lowest BCUT2D eigenvalue weighted by atomic mass is 9.93. The van der Waals surface area contributed by atoms with Gasteiger partial charge in [0.2, 0.25) is 0 Å². The number of hydrogen-bond donors (Lipinski definition) is 0. The molecule has 0 aromatic carbocycles. The molecular weight excluding hydrogens is 230 g/mol. The van der Waals surface area contributed by atoms with Crippen molar-refractivity contribution in [2.24, 2.45) is 5.92 Å². The molecule has 0 aliphatic heterocycles. The number of carbonyl (C=O) groups is 1. The number of alkyl halides is 3. The molecule has 0 radical (unpaired) electrons. The molecule has 0 heterocycles. The minimum Gasteiger partial charge on any atom is -0.299 e. The fourth-order valence-electron chi connectivity index (χ4n) is 1.22. The summed E-state index contributed by atoms with van der Waals surface area (Å²) in [5.41, 5.74) is 0.837. The van der Waals surface area contributed by atoms with Crippen LogP contribution in [0.2, 0.25) is 0 Å². The Bertz CT molecular complexity index is 279. The van der Waals surface area contributed by atoms with Crippen LogP contribution in [-0.4, -0.2) is 16.0 Å². The quantitative estimate of drug-likeness (QED) is 0.677. The van der Waals surface area contributed by atoms with Crippen molar-refractivity contribution in [3.8, 4) is 0 Å². The van der Waals surface area contributed by atoms with E-state index in [4.69, 9.17) is 34.8 Å². The Hall–Kier alpha value is 0.0200. The molecule has 1 aliphatic rings. The zero-order valence-corrected chi connectivity index (χ0v) is 9.33. The highest BCUT2D eigenvalue weighted by Gasteiger charge is 2.36. The zero-order valence-electron chi connectivity index (χ0n) is 7.06. The predicted octanol–water partition coefficient (Wildman–Crippen LogP) is 3.10. The summed E-state index contributed by atoms with van der Waals surface area (Å²) in [6.45, 7) is 1.47. The van der Waals surface area contributed by atoms with E-state index >= 15 is 0 Å². The van der Waals surface area contributed by atoms with E-state index in [9.17, 15) is 4.79 Å². The van der Waals surface area contributed by atoms with Crippen LogP contribution in [0.4, 0.5) is 0 Å². The molecule has 1 nitrogen and oxygen atoms in total. The third-order valence-corrected chi connectivity index (χ3v) is 2.88. The molecule has 0 saturated heterocycles. The molecule has 72 valence electrons. The monoisotopic (exact) mass is 238 g/mol. The summed E-state index contributed by atoms with van der Waals surface area (Å²) in [6, 6.07) is 0. The van der Waals surface area contributed by atoms with Gasteiger partial charge in [-0.05, 0) is 18.6 Å². The van der Waals surface area contributed by atoms with E-state index in [1.807, 2.05) is 0 Å². The number of ketones is 1. The van der Waals surface area contributed by atoms with Crippen LogP contribution in [0.15, 0.2) is 23.8 Å². The van der Waals surface area contributed by atoms with E-state index in [1.165, 1.54) is 6.92 Å². The minimum atomic E-state index is -1.15. The van der Waals surface area contributed by atoms with Crippen LogP contribution in [0, 0.1) is 5.92 Å². The van der Waals surface area contributed by atoms with Gasteiger partial charge in [0.25, 0.3) is 0 Å². The summed E-state index contributed by atoms with van der Waals surface area (Å²) < 4.78 is -1.15. The summed E-state index contributed by atoms with van der Waals surface area (Å²) in [4.78, 5) is 11.1. The first kappa shape index (κ1) is 11.1. The van der Waals surface area contributed by atoms with Crippen molar-refractivity contribution in [1.29, 1.82) is 0 Å². The van der Waals surface area contributed by atoms with Crippen LogP contribution in [0.5, 0.6) is 0 Å². The van der Waals surface area contributed by atoms with Gasteiger partial charge < -0.3 is 0 Å². The normalized spacial score (nSPS) is 25.5. The van der Waals surface area contributed by atoms with E-state index < -0.39 is 10.3 Å². The molecule has 0 bridgehead atoms. The fourth-order valence-corrected chi connectivity index (χ4v) is 2.12. The predicted molar refractivity (Wildman–Crippen MR) is 56.6 cm³/mol.